The molecule has 0 amide bonds. The third-order valence-electron chi connectivity index (χ3n) is 9.41. The number of rotatable bonds is 1. The summed E-state index contributed by atoms with van der Waals surface area (Å²) in [6.07, 6.45) is 0.932. The Morgan fingerprint density at radius 3 is 2.58 bits per heavy atom. The van der Waals surface area contributed by atoms with E-state index < -0.39 is 28.6 Å². The zero-order chi connectivity index (χ0) is 17.4. The number of Topliss-reactive ketones (excluding diaryl/α,β-unsaturated/α-hetero) is 1. The number of hydrogen-bond donors (Lipinski definition) is 2. The van der Waals surface area contributed by atoms with Crippen LogP contribution in [0.4, 0.5) is 0 Å². The average molecular weight is 332 g/mol. The fraction of sp³-hybridized carbons (Fsp3) is 0.850. The van der Waals surface area contributed by atoms with Gasteiger partial charge in [0.25, 0.3) is 0 Å². The second-order valence-corrected chi connectivity index (χ2v) is 9.75. The van der Waals surface area contributed by atoms with Gasteiger partial charge in [-0.3, -0.25) is 4.79 Å². The van der Waals surface area contributed by atoms with Gasteiger partial charge in [0.05, 0.1) is 5.41 Å². The molecule has 2 spiro atoms. The van der Waals surface area contributed by atoms with E-state index in [1.54, 1.807) is 0 Å². The Kier molecular flexibility index (Phi) is 2.49. The molecule has 4 heteroatoms. The summed E-state index contributed by atoms with van der Waals surface area (Å²) in [5.74, 6) is 0.761. The molecule has 0 radical (unpaired) electrons. The predicted molar refractivity (Wildman–Crippen MR) is 88.1 cm³/mol. The number of ether oxygens (including phenoxy) is 1. The van der Waals surface area contributed by atoms with Crippen molar-refractivity contribution in [1.29, 1.82) is 0 Å². The van der Waals surface area contributed by atoms with Crippen LogP contribution in [-0.4, -0.2) is 39.9 Å². The second kappa shape index (κ2) is 3.84. The smallest absolute Gasteiger partial charge is 0.171 e. The lowest BCUT2D eigenvalue weighted by molar-refractivity contribution is -0.138. The predicted octanol–water partition coefficient (Wildman–Crippen LogP) is 2.08. The number of aliphatic hydroxyl groups is 2. The Bertz CT molecular complexity index is 685. The second-order valence-electron chi connectivity index (χ2n) is 9.75. The standard InChI is InChI=1S/C20H28O4/c1-9(2)11-6-7-19-8-12-10(3)13(21)16-20(12,24-16)18(19,5)15(23)14(22)17(11,19)4/h9,11-14,16,21-22H,3,6-8H2,1-2,4-5H3/t11-,12-,13-,14-,16-,17+,18+,19-,20+/m1/s1. The van der Waals surface area contributed by atoms with Crippen molar-refractivity contribution in [3.63, 3.8) is 0 Å². The third-order valence-corrected chi connectivity index (χ3v) is 9.41. The first kappa shape index (κ1) is 15.5. The van der Waals surface area contributed by atoms with Crippen LogP contribution in [0.25, 0.3) is 0 Å². The summed E-state index contributed by atoms with van der Waals surface area (Å²) < 4.78 is 6.08. The highest BCUT2D eigenvalue weighted by atomic mass is 16.6. The fourth-order valence-electron chi connectivity index (χ4n) is 8.29. The number of aliphatic hydroxyl groups excluding tert-OH is 2. The summed E-state index contributed by atoms with van der Waals surface area (Å²) >= 11 is 0. The van der Waals surface area contributed by atoms with Gasteiger partial charge in [-0.05, 0) is 49.0 Å². The summed E-state index contributed by atoms with van der Waals surface area (Å²) in [5, 5.41) is 21.5. The summed E-state index contributed by atoms with van der Waals surface area (Å²) in [5.41, 5.74) is -1.14. The van der Waals surface area contributed by atoms with Gasteiger partial charge in [0, 0.05) is 11.3 Å². The molecule has 1 saturated heterocycles. The molecular weight excluding hydrogens is 304 g/mol. The maximum atomic E-state index is 13.4. The van der Waals surface area contributed by atoms with E-state index in [0.717, 1.165) is 24.8 Å². The van der Waals surface area contributed by atoms with Crippen LogP contribution in [0.3, 0.4) is 0 Å². The fourth-order valence-corrected chi connectivity index (χ4v) is 8.29. The molecule has 0 unspecified atom stereocenters. The van der Waals surface area contributed by atoms with E-state index in [-0.39, 0.29) is 23.2 Å². The van der Waals surface area contributed by atoms with E-state index in [9.17, 15) is 15.0 Å². The summed E-state index contributed by atoms with van der Waals surface area (Å²) in [6.45, 7) is 12.7. The molecule has 1 heterocycles. The van der Waals surface area contributed by atoms with Crippen LogP contribution in [0.15, 0.2) is 12.2 Å². The van der Waals surface area contributed by atoms with Crippen molar-refractivity contribution < 1.29 is 19.7 Å². The Balaban J connectivity index is 1.75. The Morgan fingerprint density at radius 2 is 1.96 bits per heavy atom. The van der Waals surface area contributed by atoms with Crippen LogP contribution in [0.1, 0.15) is 47.0 Å². The normalized spacial score (nSPS) is 63.5. The molecule has 132 valence electrons. The highest BCUT2D eigenvalue weighted by Gasteiger charge is 2.94. The maximum absolute atomic E-state index is 13.4. The number of carbonyl (C=O) groups excluding carboxylic acids is 1. The lowest BCUT2D eigenvalue weighted by Crippen LogP contribution is -2.48. The van der Waals surface area contributed by atoms with E-state index in [2.05, 4.69) is 27.4 Å². The third kappa shape index (κ3) is 1.08. The van der Waals surface area contributed by atoms with Crippen LogP contribution < -0.4 is 0 Å². The van der Waals surface area contributed by atoms with Crippen molar-refractivity contribution in [2.75, 3.05) is 0 Å². The van der Waals surface area contributed by atoms with E-state index in [1.165, 1.54) is 0 Å². The van der Waals surface area contributed by atoms with Crippen molar-refractivity contribution in [1.82, 2.24) is 0 Å². The van der Waals surface area contributed by atoms with Crippen molar-refractivity contribution in [2.45, 2.75) is 70.9 Å². The molecule has 0 aromatic carbocycles. The molecule has 0 bridgehead atoms. The Labute approximate surface area is 143 Å². The zero-order valence-corrected chi connectivity index (χ0v) is 15.0. The lowest BCUT2D eigenvalue weighted by atomic mass is 9.55. The van der Waals surface area contributed by atoms with Gasteiger partial charge in [0.2, 0.25) is 0 Å². The van der Waals surface area contributed by atoms with Crippen LogP contribution in [0, 0.1) is 34.0 Å². The molecule has 24 heavy (non-hydrogen) atoms. The Hall–Kier alpha value is -0.710. The minimum atomic E-state index is -0.927. The van der Waals surface area contributed by atoms with Gasteiger partial charge in [-0.25, -0.2) is 0 Å². The summed E-state index contributed by atoms with van der Waals surface area (Å²) in [7, 11) is 0. The molecular formula is C20H28O4. The van der Waals surface area contributed by atoms with Gasteiger partial charge in [-0.2, -0.15) is 0 Å². The lowest BCUT2D eigenvalue weighted by Gasteiger charge is -2.46. The first-order valence-corrected chi connectivity index (χ1v) is 9.38. The van der Waals surface area contributed by atoms with E-state index in [0.29, 0.717) is 11.8 Å². The molecule has 0 aromatic rings. The van der Waals surface area contributed by atoms with Gasteiger partial charge in [0.15, 0.2) is 5.78 Å². The molecule has 1 aliphatic heterocycles. The molecule has 5 rings (SSSR count). The van der Waals surface area contributed by atoms with Gasteiger partial charge in [-0.15, -0.1) is 0 Å². The first-order valence-electron chi connectivity index (χ1n) is 9.38. The number of carbonyl (C=O) groups is 1. The monoisotopic (exact) mass is 332 g/mol. The van der Waals surface area contributed by atoms with E-state index in [1.807, 2.05) is 6.92 Å². The molecule has 4 saturated carbocycles. The van der Waals surface area contributed by atoms with Gasteiger partial charge >= 0.3 is 0 Å². The van der Waals surface area contributed by atoms with Crippen LogP contribution >= 0.6 is 0 Å². The van der Waals surface area contributed by atoms with Gasteiger partial charge in [-0.1, -0.05) is 27.4 Å². The molecule has 5 fully saturated rings. The number of epoxide rings is 1. The van der Waals surface area contributed by atoms with E-state index in [4.69, 9.17) is 4.74 Å². The molecule has 4 aliphatic carbocycles. The number of ketones is 1. The molecule has 5 aliphatic rings. The highest BCUT2D eigenvalue weighted by molar-refractivity contribution is 5.96. The summed E-state index contributed by atoms with van der Waals surface area (Å²) in [4.78, 5) is 13.4. The zero-order valence-electron chi connectivity index (χ0n) is 15.0. The number of hydrogen-bond acceptors (Lipinski definition) is 4. The van der Waals surface area contributed by atoms with Crippen LogP contribution in [0.2, 0.25) is 0 Å². The minimum Gasteiger partial charge on any atom is -0.386 e. The quantitative estimate of drug-likeness (QED) is 0.570. The molecule has 0 aromatic heterocycles. The summed E-state index contributed by atoms with van der Waals surface area (Å²) in [6, 6.07) is 0. The highest BCUT2D eigenvalue weighted by Crippen LogP contribution is 2.86. The SMILES string of the molecule is C=C1[C@@H](O)[C@H]2O[C@@]23[C@@H]1C[C@]12CC[C@H](C(C)C)[C@@]1(C)[C@H](O)C(=O)[C@]32C. The van der Waals surface area contributed by atoms with Crippen molar-refractivity contribution in [3.05, 3.63) is 12.2 Å². The van der Waals surface area contributed by atoms with Crippen LogP contribution in [0.5, 0.6) is 0 Å². The largest absolute Gasteiger partial charge is 0.386 e. The topological polar surface area (TPSA) is 70.1 Å². The molecule has 9 atom stereocenters. The van der Waals surface area contributed by atoms with Crippen molar-refractivity contribution in [3.8, 4) is 0 Å². The molecule has 2 N–H and O–H groups in total. The minimum absolute atomic E-state index is 0.0455. The van der Waals surface area contributed by atoms with Crippen molar-refractivity contribution >= 4 is 5.78 Å². The van der Waals surface area contributed by atoms with Gasteiger partial charge in [0.1, 0.15) is 23.9 Å². The van der Waals surface area contributed by atoms with E-state index >= 15 is 0 Å². The Morgan fingerprint density at radius 1 is 1.29 bits per heavy atom. The first-order chi connectivity index (χ1) is 11.1. The van der Waals surface area contributed by atoms with Crippen molar-refractivity contribution in [2.24, 2.45) is 34.0 Å². The maximum Gasteiger partial charge on any atom is 0.171 e. The van der Waals surface area contributed by atoms with Crippen LogP contribution in [-0.2, 0) is 9.53 Å². The molecule has 4 nitrogen and oxygen atoms in total. The van der Waals surface area contributed by atoms with Gasteiger partial charge < -0.3 is 14.9 Å². The average Bonchev–Trinajstić information content (AvgIpc) is 3.05.